The summed E-state index contributed by atoms with van der Waals surface area (Å²) in [6, 6.07) is 13.9. The molecule has 0 atom stereocenters. The highest BCUT2D eigenvalue weighted by atomic mass is 35.5. The van der Waals surface area contributed by atoms with Crippen LogP contribution >= 0.6 is 11.6 Å². The summed E-state index contributed by atoms with van der Waals surface area (Å²) in [7, 11) is -2.15. The molecule has 2 aromatic carbocycles. The molecular formula is C14H16ClN3O2S. The van der Waals surface area contributed by atoms with Crippen molar-refractivity contribution in [3.05, 3.63) is 59.1 Å². The van der Waals surface area contributed by atoms with Gasteiger partial charge in [0.05, 0.1) is 16.4 Å². The SMILES string of the molecule is CN(Cc1ccccc1)S(=O)(=O)Nc1ccc(N)c(Cl)c1. The third kappa shape index (κ3) is 4.10. The first-order valence-corrected chi connectivity index (χ1v) is 8.03. The van der Waals surface area contributed by atoms with E-state index in [-0.39, 0.29) is 6.54 Å². The summed E-state index contributed by atoms with van der Waals surface area (Å²) < 4.78 is 28.2. The third-order valence-electron chi connectivity index (χ3n) is 2.91. The Morgan fingerprint density at radius 2 is 1.86 bits per heavy atom. The molecular weight excluding hydrogens is 310 g/mol. The van der Waals surface area contributed by atoms with Gasteiger partial charge < -0.3 is 5.73 Å². The Hall–Kier alpha value is -1.76. The van der Waals surface area contributed by atoms with Crippen molar-refractivity contribution in [2.24, 2.45) is 0 Å². The zero-order chi connectivity index (χ0) is 15.5. The van der Waals surface area contributed by atoms with E-state index in [9.17, 15) is 8.42 Å². The van der Waals surface area contributed by atoms with Crippen LogP contribution in [0.5, 0.6) is 0 Å². The number of nitrogens with zero attached hydrogens (tertiary/aromatic N) is 1. The molecule has 5 nitrogen and oxygen atoms in total. The number of halogens is 1. The minimum Gasteiger partial charge on any atom is -0.398 e. The Kier molecular flexibility index (Phi) is 4.72. The first kappa shape index (κ1) is 15.6. The van der Waals surface area contributed by atoms with Gasteiger partial charge in [-0.25, -0.2) is 0 Å². The smallest absolute Gasteiger partial charge is 0.301 e. The molecule has 0 unspecified atom stereocenters. The second kappa shape index (κ2) is 6.34. The van der Waals surface area contributed by atoms with Crippen LogP contribution in [-0.4, -0.2) is 19.8 Å². The van der Waals surface area contributed by atoms with Crippen molar-refractivity contribution in [3.63, 3.8) is 0 Å². The predicted octanol–water partition coefficient (Wildman–Crippen LogP) is 2.71. The first-order valence-electron chi connectivity index (χ1n) is 6.21. The number of benzene rings is 2. The van der Waals surface area contributed by atoms with Crippen molar-refractivity contribution in [1.82, 2.24) is 4.31 Å². The fraction of sp³-hybridized carbons (Fsp3) is 0.143. The van der Waals surface area contributed by atoms with Gasteiger partial charge in [0.1, 0.15) is 0 Å². The van der Waals surface area contributed by atoms with E-state index in [4.69, 9.17) is 17.3 Å². The van der Waals surface area contributed by atoms with Gasteiger partial charge in [-0.3, -0.25) is 4.72 Å². The summed E-state index contributed by atoms with van der Waals surface area (Å²) in [5.74, 6) is 0. The highest BCUT2D eigenvalue weighted by Gasteiger charge is 2.18. The van der Waals surface area contributed by atoms with Gasteiger partial charge >= 0.3 is 10.2 Å². The Morgan fingerprint density at radius 1 is 1.19 bits per heavy atom. The van der Waals surface area contributed by atoms with Crippen LogP contribution in [0.2, 0.25) is 5.02 Å². The number of nitrogen functional groups attached to an aromatic ring is 1. The van der Waals surface area contributed by atoms with Crippen molar-refractivity contribution in [1.29, 1.82) is 0 Å². The maximum Gasteiger partial charge on any atom is 0.301 e. The van der Waals surface area contributed by atoms with Crippen molar-refractivity contribution < 1.29 is 8.42 Å². The largest absolute Gasteiger partial charge is 0.398 e. The van der Waals surface area contributed by atoms with Crippen molar-refractivity contribution in [2.45, 2.75) is 6.54 Å². The molecule has 0 aliphatic carbocycles. The van der Waals surface area contributed by atoms with Crippen molar-refractivity contribution in [3.8, 4) is 0 Å². The molecule has 21 heavy (non-hydrogen) atoms. The van der Waals surface area contributed by atoms with Crippen molar-refractivity contribution in [2.75, 3.05) is 17.5 Å². The van der Waals surface area contributed by atoms with E-state index in [2.05, 4.69) is 4.72 Å². The highest BCUT2D eigenvalue weighted by Crippen LogP contribution is 2.23. The third-order valence-corrected chi connectivity index (χ3v) is 4.68. The molecule has 0 aliphatic heterocycles. The Labute approximate surface area is 129 Å². The van der Waals surface area contributed by atoms with Crippen LogP contribution in [0.4, 0.5) is 11.4 Å². The topological polar surface area (TPSA) is 75.4 Å². The number of hydrogen-bond acceptors (Lipinski definition) is 3. The molecule has 0 radical (unpaired) electrons. The van der Waals surface area contributed by atoms with Gasteiger partial charge in [-0.2, -0.15) is 12.7 Å². The molecule has 112 valence electrons. The van der Waals surface area contributed by atoms with E-state index in [1.165, 1.54) is 17.4 Å². The van der Waals surface area contributed by atoms with Crippen molar-refractivity contribution >= 4 is 33.2 Å². The van der Waals surface area contributed by atoms with Crippen LogP contribution in [0, 0.1) is 0 Å². The molecule has 3 N–H and O–H groups in total. The lowest BCUT2D eigenvalue weighted by atomic mass is 10.2. The number of anilines is 2. The summed E-state index contributed by atoms with van der Waals surface area (Å²) in [5.41, 5.74) is 7.27. The molecule has 0 saturated carbocycles. The lowest BCUT2D eigenvalue weighted by Crippen LogP contribution is -2.32. The quantitative estimate of drug-likeness (QED) is 0.830. The summed E-state index contributed by atoms with van der Waals surface area (Å²) in [4.78, 5) is 0. The van der Waals surface area contributed by atoms with Gasteiger partial charge in [0.15, 0.2) is 0 Å². The molecule has 0 fully saturated rings. The Morgan fingerprint density at radius 3 is 2.48 bits per heavy atom. The number of hydrogen-bond donors (Lipinski definition) is 2. The number of nitrogens with one attached hydrogen (secondary N) is 1. The van der Waals surface area contributed by atoms with Gasteiger partial charge in [-0.05, 0) is 23.8 Å². The maximum absolute atomic E-state index is 12.2. The Bertz CT molecular complexity index is 720. The monoisotopic (exact) mass is 325 g/mol. The van der Waals surface area contributed by atoms with Crippen LogP contribution in [0.25, 0.3) is 0 Å². The van der Waals surface area contributed by atoms with E-state index in [0.717, 1.165) is 5.56 Å². The molecule has 0 aliphatic rings. The lowest BCUT2D eigenvalue weighted by Gasteiger charge is -2.18. The van der Waals surface area contributed by atoms with Crippen LogP contribution in [0.1, 0.15) is 5.56 Å². The average Bonchev–Trinajstić information content (AvgIpc) is 2.43. The van der Waals surface area contributed by atoms with E-state index < -0.39 is 10.2 Å². The molecule has 0 heterocycles. The van der Waals surface area contributed by atoms with Gasteiger partial charge in [-0.1, -0.05) is 41.9 Å². The van der Waals surface area contributed by atoms with Gasteiger partial charge in [0.2, 0.25) is 0 Å². The predicted molar refractivity (Wildman–Crippen MR) is 86.3 cm³/mol. The van der Waals surface area contributed by atoms with E-state index in [0.29, 0.717) is 16.4 Å². The lowest BCUT2D eigenvalue weighted by molar-refractivity contribution is 0.471. The van der Waals surface area contributed by atoms with E-state index in [1.54, 1.807) is 12.1 Å². The number of nitrogens with two attached hydrogens (primary N) is 1. The van der Waals surface area contributed by atoms with Crippen LogP contribution in [0.3, 0.4) is 0 Å². The minimum atomic E-state index is -3.66. The molecule has 0 spiro atoms. The second-order valence-electron chi connectivity index (χ2n) is 4.59. The molecule has 0 aromatic heterocycles. The summed E-state index contributed by atoms with van der Waals surface area (Å²) in [5, 5.41) is 0.306. The second-order valence-corrected chi connectivity index (χ2v) is 6.77. The fourth-order valence-electron chi connectivity index (χ4n) is 1.74. The Balaban J connectivity index is 2.12. The average molecular weight is 326 g/mol. The molecule has 0 amide bonds. The molecule has 0 saturated heterocycles. The molecule has 7 heteroatoms. The van der Waals surface area contributed by atoms with E-state index in [1.807, 2.05) is 30.3 Å². The van der Waals surface area contributed by atoms with Crippen LogP contribution in [0.15, 0.2) is 48.5 Å². The summed E-state index contributed by atoms with van der Waals surface area (Å²) >= 11 is 5.88. The fourth-order valence-corrected chi connectivity index (χ4v) is 2.82. The van der Waals surface area contributed by atoms with Gasteiger partial charge in [-0.15, -0.1) is 0 Å². The highest BCUT2D eigenvalue weighted by molar-refractivity contribution is 7.90. The van der Waals surface area contributed by atoms with Gasteiger partial charge in [0, 0.05) is 13.6 Å². The first-order chi connectivity index (χ1) is 9.88. The molecule has 2 aromatic rings. The standard InChI is InChI=1S/C14H16ClN3O2S/c1-18(10-11-5-3-2-4-6-11)21(19,20)17-12-7-8-14(16)13(15)9-12/h2-9,17H,10,16H2,1H3. The maximum atomic E-state index is 12.2. The minimum absolute atomic E-state index is 0.277. The van der Waals surface area contributed by atoms with Crippen LogP contribution < -0.4 is 10.5 Å². The normalized spacial score (nSPS) is 11.6. The zero-order valence-corrected chi connectivity index (χ0v) is 13.0. The molecule has 0 bridgehead atoms. The molecule has 2 rings (SSSR count). The van der Waals surface area contributed by atoms with E-state index >= 15 is 0 Å². The van der Waals surface area contributed by atoms with Gasteiger partial charge in [0.25, 0.3) is 0 Å². The zero-order valence-electron chi connectivity index (χ0n) is 11.5. The number of rotatable bonds is 5. The summed E-state index contributed by atoms with van der Waals surface area (Å²) in [6.07, 6.45) is 0. The van der Waals surface area contributed by atoms with Crippen LogP contribution in [-0.2, 0) is 16.8 Å². The summed E-state index contributed by atoms with van der Waals surface area (Å²) in [6.45, 7) is 0.277.